The van der Waals surface area contributed by atoms with Crippen molar-refractivity contribution in [1.29, 1.82) is 0 Å². The summed E-state index contributed by atoms with van der Waals surface area (Å²) in [4.78, 5) is 15.8. The van der Waals surface area contributed by atoms with Crippen molar-refractivity contribution in [2.75, 3.05) is 11.9 Å². The van der Waals surface area contributed by atoms with Crippen LogP contribution in [-0.4, -0.2) is 17.6 Å². The molecule has 1 aromatic heterocycles. The number of hydrogen-bond donors (Lipinski definition) is 2. The molecule has 5 heteroatoms. The van der Waals surface area contributed by atoms with Crippen molar-refractivity contribution in [3.8, 4) is 0 Å². The Bertz CT molecular complexity index is 405. The second kappa shape index (κ2) is 6.73. The lowest BCUT2D eigenvalue weighted by Crippen LogP contribution is -2.33. The molecular formula is C13H18BrN3O. The van der Waals surface area contributed by atoms with E-state index in [1.807, 2.05) is 6.07 Å². The van der Waals surface area contributed by atoms with Crippen molar-refractivity contribution in [3.63, 3.8) is 0 Å². The molecule has 1 aliphatic carbocycles. The highest BCUT2D eigenvalue weighted by Gasteiger charge is 2.14. The minimum atomic E-state index is -0.175. The fourth-order valence-corrected chi connectivity index (χ4v) is 2.60. The minimum Gasteiger partial charge on any atom is -0.338 e. The fourth-order valence-electron chi connectivity index (χ4n) is 2.26. The zero-order chi connectivity index (χ0) is 12.8. The maximum Gasteiger partial charge on any atom is 0.320 e. The quantitative estimate of drug-likeness (QED) is 0.897. The van der Waals surface area contributed by atoms with Crippen LogP contribution in [0.4, 0.5) is 10.6 Å². The van der Waals surface area contributed by atoms with Gasteiger partial charge in [-0.1, -0.05) is 35.2 Å². The third-order valence-electron chi connectivity index (χ3n) is 3.24. The summed E-state index contributed by atoms with van der Waals surface area (Å²) in [7, 11) is 0. The third-order valence-corrected chi connectivity index (χ3v) is 3.73. The van der Waals surface area contributed by atoms with Crippen molar-refractivity contribution in [1.82, 2.24) is 10.3 Å². The Kier molecular flexibility index (Phi) is 4.99. The molecule has 2 N–H and O–H groups in total. The summed E-state index contributed by atoms with van der Waals surface area (Å²) in [5.74, 6) is 1.20. The number of nitrogens with zero attached hydrogens (tertiary/aromatic N) is 1. The molecule has 1 fully saturated rings. The molecule has 1 saturated carbocycles. The van der Waals surface area contributed by atoms with Gasteiger partial charge in [-0.15, -0.1) is 0 Å². The van der Waals surface area contributed by atoms with Gasteiger partial charge in [-0.2, -0.15) is 0 Å². The van der Waals surface area contributed by atoms with Gasteiger partial charge in [0, 0.05) is 17.2 Å². The van der Waals surface area contributed by atoms with E-state index in [1.165, 1.54) is 32.1 Å². The predicted octanol–water partition coefficient (Wildman–Crippen LogP) is 3.55. The van der Waals surface area contributed by atoms with E-state index in [9.17, 15) is 4.79 Å². The van der Waals surface area contributed by atoms with Gasteiger partial charge in [-0.25, -0.2) is 9.78 Å². The van der Waals surface area contributed by atoms with Crippen LogP contribution in [0, 0.1) is 5.92 Å². The monoisotopic (exact) mass is 311 g/mol. The van der Waals surface area contributed by atoms with E-state index in [-0.39, 0.29) is 6.03 Å². The number of amides is 2. The lowest BCUT2D eigenvalue weighted by Gasteiger charge is -2.21. The molecule has 0 radical (unpaired) electrons. The van der Waals surface area contributed by atoms with Crippen molar-refractivity contribution >= 4 is 27.8 Å². The highest BCUT2D eigenvalue weighted by molar-refractivity contribution is 9.10. The van der Waals surface area contributed by atoms with Gasteiger partial charge in [0.2, 0.25) is 0 Å². The van der Waals surface area contributed by atoms with Crippen LogP contribution >= 0.6 is 15.9 Å². The number of aromatic nitrogens is 1. The van der Waals surface area contributed by atoms with Crippen molar-refractivity contribution in [2.45, 2.75) is 32.1 Å². The van der Waals surface area contributed by atoms with Crippen LogP contribution in [0.15, 0.2) is 22.8 Å². The fraction of sp³-hybridized carbons (Fsp3) is 0.538. The smallest absolute Gasteiger partial charge is 0.320 e. The van der Waals surface area contributed by atoms with Crippen molar-refractivity contribution in [3.05, 3.63) is 22.8 Å². The van der Waals surface area contributed by atoms with E-state index in [2.05, 4.69) is 31.5 Å². The first-order valence-corrected chi connectivity index (χ1v) is 7.20. The Morgan fingerprint density at radius 3 is 2.89 bits per heavy atom. The molecule has 0 saturated heterocycles. The third kappa shape index (κ3) is 4.29. The molecule has 0 aromatic carbocycles. The topological polar surface area (TPSA) is 54.0 Å². The number of nitrogens with one attached hydrogen (secondary N) is 2. The molecule has 18 heavy (non-hydrogen) atoms. The standard InChI is InChI=1S/C13H18BrN3O/c14-11-6-7-15-12(8-11)17-13(18)16-9-10-4-2-1-3-5-10/h6-8,10H,1-5,9H2,(H2,15,16,17,18). The van der Waals surface area contributed by atoms with Crippen LogP contribution in [0.2, 0.25) is 0 Å². The molecule has 98 valence electrons. The van der Waals surface area contributed by atoms with Gasteiger partial charge >= 0.3 is 6.03 Å². The van der Waals surface area contributed by atoms with Crippen LogP contribution in [0.3, 0.4) is 0 Å². The molecule has 0 atom stereocenters. The molecule has 0 bridgehead atoms. The Morgan fingerprint density at radius 2 is 2.17 bits per heavy atom. The summed E-state index contributed by atoms with van der Waals surface area (Å²) < 4.78 is 0.903. The molecule has 1 aliphatic rings. The second-order valence-electron chi connectivity index (χ2n) is 4.70. The molecule has 0 aliphatic heterocycles. The van der Waals surface area contributed by atoms with Gasteiger partial charge in [-0.3, -0.25) is 5.32 Å². The average molecular weight is 312 g/mol. The normalized spacial score (nSPS) is 16.3. The second-order valence-corrected chi connectivity index (χ2v) is 5.61. The summed E-state index contributed by atoms with van der Waals surface area (Å²) in [5, 5.41) is 5.65. The number of hydrogen-bond acceptors (Lipinski definition) is 2. The number of urea groups is 1. The van der Waals surface area contributed by atoms with Gasteiger partial charge in [0.05, 0.1) is 0 Å². The summed E-state index contributed by atoms with van der Waals surface area (Å²) in [6, 6.07) is 3.43. The van der Waals surface area contributed by atoms with Crippen LogP contribution in [0.25, 0.3) is 0 Å². The molecule has 2 amide bonds. The highest BCUT2D eigenvalue weighted by Crippen LogP contribution is 2.22. The zero-order valence-electron chi connectivity index (χ0n) is 10.3. The molecule has 2 rings (SSSR count). The largest absolute Gasteiger partial charge is 0.338 e. The summed E-state index contributed by atoms with van der Waals surface area (Å²) in [6.07, 6.45) is 8.04. The number of carbonyl (C=O) groups excluding carboxylic acids is 1. The molecule has 0 spiro atoms. The average Bonchev–Trinajstić information content (AvgIpc) is 2.38. The first-order chi connectivity index (χ1) is 8.74. The van der Waals surface area contributed by atoms with E-state index in [0.717, 1.165) is 11.0 Å². The van der Waals surface area contributed by atoms with Gasteiger partial charge in [0.1, 0.15) is 5.82 Å². The lowest BCUT2D eigenvalue weighted by molar-refractivity contribution is 0.247. The van der Waals surface area contributed by atoms with Gasteiger partial charge in [0.25, 0.3) is 0 Å². The molecule has 4 nitrogen and oxygen atoms in total. The van der Waals surface area contributed by atoms with Crippen molar-refractivity contribution in [2.24, 2.45) is 5.92 Å². The molecule has 0 unspecified atom stereocenters. The van der Waals surface area contributed by atoms with Crippen LogP contribution in [0.5, 0.6) is 0 Å². The Morgan fingerprint density at radius 1 is 1.39 bits per heavy atom. The Balaban J connectivity index is 1.74. The summed E-state index contributed by atoms with van der Waals surface area (Å²) in [5.41, 5.74) is 0. The maximum atomic E-state index is 11.7. The summed E-state index contributed by atoms with van der Waals surface area (Å²) >= 11 is 3.34. The van der Waals surface area contributed by atoms with Crippen LogP contribution < -0.4 is 10.6 Å². The van der Waals surface area contributed by atoms with Crippen molar-refractivity contribution < 1.29 is 4.79 Å². The first kappa shape index (κ1) is 13.3. The number of halogens is 1. The molecule has 1 aromatic rings. The van der Waals surface area contributed by atoms with Gasteiger partial charge in [-0.05, 0) is 30.9 Å². The van der Waals surface area contributed by atoms with E-state index in [0.29, 0.717) is 11.7 Å². The summed E-state index contributed by atoms with van der Waals surface area (Å²) in [6.45, 7) is 0.764. The van der Waals surface area contributed by atoms with E-state index < -0.39 is 0 Å². The predicted molar refractivity (Wildman–Crippen MR) is 75.5 cm³/mol. The molecular weight excluding hydrogens is 294 g/mol. The highest BCUT2D eigenvalue weighted by atomic mass is 79.9. The first-order valence-electron chi connectivity index (χ1n) is 6.40. The Labute approximate surface area is 116 Å². The van der Waals surface area contributed by atoms with Gasteiger partial charge in [0.15, 0.2) is 0 Å². The number of pyridine rings is 1. The SMILES string of the molecule is O=C(NCC1CCCCC1)Nc1cc(Br)ccn1. The van der Waals surface area contributed by atoms with E-state index in [1.54, 1.807) is 12.3 Å². The van der Waals surface area contributed by atoms with E-state index >= 15 is 0 Å². The van der Waals surface area contributed by atoms with Crippen LogP contribution in [-0.2, 0) is 0 Å². The minimum absolute atomic E-state index is 0.175. The zero-order valence-corrected chi connectivity index (χ0v) is 11.9. The number of anilines is 1. The van der Waals surface area contributed by atoms with Crippen LogP contribution in [0.1, 0.15) is 32.1 Å². The number of carbonyl (C=O) groups is 1. The maximum absolute atomic E-state index is 11.7. The molecule has 1 heterocycles. The lowest BCUT2D eigenvalue weighted by atomic mass is 9.89. The Hall–Kier alpha value is -1.10. The van der Waals surface area contributed by atoms with E-state index in [4.69, 9.17) is 0 Å². The van der Waals surface area contributed by atoms with Gasteiger partial charge < -0.3 is 5.32 Å². The number of rotatable bonds is 3.